The van der Waals surface area contributed by atoms with Crippen LogP contribution in [0.1, 0.15) is 0 Å². The summed E-state index contributed by atoms with van der Waals surface area (Å²) < 4.78 is 1.64. The smallest absolute Gasteiger partial charge is 0.331 e. The fourth-order valence-electron chi connectivity index (χ4n) is 2.48. The molecule has 0 N–H and O–H groups in total. The minimum Gasteiger partial charge on any atom is -0.358 e. The summed E-state index contributed by atoms with van der Waals surface area (Å²) in [7, 11) is 1.73. The lowest BCUT2D eigenvalue weighted by Crippen LogP contribution is -1.97. The van der Waals surface area contributed by atoms with Crippen molar-refractivity contribution in [3.63, 3.8) is 0 Å². The van der Waals surface area contributed by atoms with E-state index in [1.54, 1.807) is 11.6 Å². The molecule has 2 aromatic carbocycles. The minimum absolute atomic E-state index is 0.132. The summed E-state index contributed by atoms with van der Waals surface area (Å²) in [5, 5.41) is 12.3. The molecule has 0 aliphatic heterocycles. The van der Waals surface area contributed by atoms with Crippen molar-refractivity contribution in [3.05, 3.63) is 64.7 Å². The maximum atomic E-state index is 11.4. The second-order valence-electron chi connectivity index (χ2n) is 4.40. The standard InChI is InChI=1S/C15H12N2O2/c1-16-13-10-6-5-9-12(13)14(15(16)17(18)19)11-7-3-2-4-8-11/h2-10H,1H3. The van der Waals surface area contributed by atoms with E-state index in [-0.39, 0.29) is 10.7 Å². The molecule has 3 aromatic rings. The summed E-state index contributed by atoms with van der Waals surface area (Å²) >= 11 is 0. The van der Waals surface area contributed by atoms with Crippen LogP contribution in [-0.2, 0) is 7.05 Å². The third-order valence-electron chi connectivity index (χ3n) is 3.31. The number of fused-ring (bicyclic) bond motifs is 1. The molecule has 1 heterocycles. The first kappa shape index (κ1) is 11.5. The van der Waals surface area contributed by atoms with Crippen LogP contribution in [-0.4, -0.2) is 9.49 Å². The highest BCUT2D eigenvalue weighted by atomic mass is 16.6. The normalized spacial score (nSPS) is 10.8. The van der Waals surface area contributed by atoms with Gasteiger partial charge in [0.2, 0.25) is 0 Å². The molecule has 0 fully saturated rings. The van der Waals surface area contributed by atoms with E-state index in [4.69, 9.17) is 0 Å². The molecule has 0 amide bonds. The van der Waals surface area contributed by atoms with Crippen molar-refractivity contribution in [2.45, 2.75) is 0 Å². The van der Waals surface area contributed by atoms with Crippen LogP contribution < -0.4 is 0 Å². The molecule has 0 saturated carbocycles. The largest absolute Gasteiger partial charge is 0.358 e. The van der Waals surface area contributed by atoms with Gasteiger partial charge >= 0.3 is 5.82 Å². The van der Waals surface area contributed by atoms with E-state index in [1.807, 2.05) is 54.6 Å². The Hall–Kier alpha value is -2.62. The van der Waals surface area contributed by atoms with Crippen molar-refractivity contribution in [2.75, 3.05) is 0 Å². The Labute approximate surface area is 110 Å². The Balaban J connectivity index is 2.46. The van der Waals surface area contributed by atoms with Gasteiger partial charge in [0, 0.05) is 5.39 Å². The maximum absolute atomic E-state index is 11.4. The fraction of sp³-hybridized carbons (Fsp3) is 0.0667. The molecule has 0 radical (unpaired) electrons. The zero-order chi connectivity index (χ0) is 13.4. The van der Waals surface area contributed by atoms with Gasteiger partial charge in [-0.1, -0.05) is 42.5 Å². The third-order valence-corrected chi connectivity index (χ3v) is 3.31. The number of aromatic nitrogens is 1. The topological polar surface area (TPSA) is 48.1 Å². The van der Waals surface area contributed by atoms with Gasteiger partial charge in [0.1, 0.15) is 5.52 Å². The molecule has 0 unspecified atom stereocenters. The number of benzene rings is 2. The Bertz CT molecular complexity index is 760. The van der Waals surface area contributed by atoms with Crippen molar-refractivity contribution >= 4 is 16.7 Å². The molecule has 0 bridgehead atoms. The van der Waals surface area contributed by atoms with Crippen LogP contribution in [0.15, 0.2) is 54.6 Å². The third kappa shape index (κ3) is 1.69. The average Bonchev–Trinajstić information content (AvgIpc) is 2.74. The summed E-state index contributed by atoms with van der Waals surface area (Å²) in [5.74, 6) is 0.132. The van der Waals surface area contributed by atoms with Crippen LogP contribution in [0.25, 0.3) is 22.0 Å². The molecule has 0 spiro atoms. The summed E-state index contributed by atoms with van der Waals surface area (Å²) in [6.45, 7) is 0. The first-order chi connectivity index (χ1) is 9.20. The van der Waals surface area contributed by atoms with Gasteiger partial charge in [-0.3, -0.25) is 0 Å². The zero-order valence-electron chi connectivity index (χ0n) is 10.4. The lowest BCUT2D eigenvalue weighted by Gasteiger charge is -2.01. The highest BCUT2D eigenvalue weighted by Gasteiger charge is 2.24. The second kappa shape index (κ2) is 4.24. The highest BCUT2D eigenvalue weighted by Crippen LogP contribution is 2.38. The van der Waals surface area contributed by atoms with E-state index >= 15 is 0 Å². The van der Waals surface area contributed by atoms with E-state index in [9.17, 15) is 10.1 Å². The van der Waals surface area contributed by atoms with Crippen LogP contribution in [0.3, 0.4) is 0 Å². The van der Waals surface area contributed by atoms with Gasteiger partial charge in [-0.25, -0.2) is 4.57 Å². The predicted molar refractivity (Wildman–Crippen MR) is 75.0 cm³/mol. The van der Waals surface area contributed by atoms with E-state index in [1.165, 1.54) is 0 Å². The van der Waals surface area contributed by atoms with E-state index in [0.29, 0.717) is 5.56 Å². The monoisotopic (exact) mass is 252 g/mol. The SMILES string of the molecule is Cn1c([N+](=O)[O-])c(-c2ccccc2)c2ccccc21. The first-order valence-electron chi connectivity index (χ1n) is 5.97. The highest BCUT2D eigenvalue weighted by molar-refractivity contribution is 6.01. The van der Waals surface area contributed by atoms with Gasteiger partial charge < -0.3 is 10.1 Å². The van der Waals surface area contributed by atoms with Gasteiger partial charge in [0.15, 0.2) is 0 Å². The van der Waals surface area contributed by atoms with E-state index in [2.05, 4.69) is 0 Å². The Morgan fingerprint density at radius 3 is 2.32 bits per heavy atom. The van der Waals surface area contributed by atoms with Crippen molar-refractivity contribution in [1.29, 1.82) is 0 Å². The molecule has 0 atom stereocenters. The molecule has 0 saturated heterocycles. The van der Waals surface area contributed by atoms with Crippen molar-refractivity contribution in [2.24, 2.45) is 7.05 Å². The van der Waals surface area contributed by atoms with Gasteiger partial charge in [-0.2, -0.15) is 0 Å². The van der Waals surface area contributed by atoms with Gasteiger partial charge in [0.05, 0.1) is 12.6 Å². The fourth-order valence-corrected chi connectivity index (χ4v) is 2.48. The Morgan fingerprint density at radius 2 is 1.63 bits per heavy atom. The molecule has 3 rings (SSSR count). The van der Waals surface area contributed by atoms with Gasteiger partial charge in [-0.05, 0) is 22.6 Å². The molecule has 4 heteroatoms. The molecule has 0 aliphatic rings. The van der Waals surface area contributed by atoms with Crippen LogP contribution in [0, 0.1) is 10.1 Å². The molecule has 19 heavy (non-hydrogen) atoms. The van der Waals surface area contributed by atoms with Crippen LogP contribution in [0.2, 0.25) is 0 Å². The van der Waals surface area contributed by atoms with Crippen LogP contribution >= 0.6 is 0 Å². The van der Waals surface area contributed by atoms with Crippen molar-refractivity contribution in [3.8, 4) is 11.1 Å². The average molecular weight is 252 g/mol. The number of hydrogen-bond donors (Lipinski definition) is 0. The molecular weight excluding hydrogens is 240 g/mol. The maximum Gasteiger partial charge on any atom is 0.331 e. The lowest BCUT2D eigenvalue weighted by molar-refractivity contribution is -0.390. The summed E-state index contributed by atoms with van der Waals surface area (Å²) in [5.41, 5.74) is 2.42. The molecule has 4 nitrogen and oxygen atoms in total. The molecule has 94 valence electrons. The van der Waals surface area contributed by atoms with Crippen LogP contribution in [0.5, 0.6) is 0 Å². The number of hydrogen-bond acceptors (Lipinski definition) is 2. The molecule has 1 aromatic heterocycles. The summed E-state index contributed by atoms with van der Waals surface area (Å²) in [4.78, 5) is 11.1. The van der Waals surface area contributed by atoms with Crippen LogP contribution in [0.4, 0.5) is 5.82 Å². The molecular formula is C15H12N2O2. The summed E-state index contributed by atoms with van der Waals surface area (Å²) in [6.07, 6.45) is 0. The second-order valence-corrected chi connectivity index (χ2v) is 4.40. The number of nitro groups is 1. The lowest BCUT2D eigenvalue weighted by atomic mass is 10.0. The predicted octanol–water partition coefficient (Wildman–Crippen LogP) is 3.75. The zero-order valence-corrected chi connectivity index (χ0v) is 10.4. The quantitative estimate of drug-likeness (QED) is 0.515. The number of nitrogens with zero attached hydrogens (tertiary/aromatic N) is 2. The summed E-state index contributed by atoms with van der Waals surface area (Å²) in [6, 6.07) is 17.1. The van der Waals surface area contributed by atoms with E-state index in [0.717, 1.165) is 16.5 Å². The van der Waals surface area contributed by atoms with E-state index < -0.39 is 0 Å². The van der Waals surface area contributed by atoms with Gasteiger partial charge in [0.25, 0.3) is 0 Å². The minimum atomic E-state index is -0.317. The Morgan fingerprint density at radius 1 is 1.00 bits per heavy atom. The first-order valence-corrected chi connectivity index (χ1v) is 5.97. The van der Waals surface area contributed by atoms with Crippen molar-refractivity contribution < 1.29 is 4.92 Å². The molecule has 0 aliphatic carbocycles. The number of aryl methyl sites for hydroxylation is 1. The number of rotatable bonds is 2. The number of para-hydroxylation sites is 1. The Kier molecular flexibility index (Phi) is 2.56. The van der Waals surface area contributed by atoms with Gasteiger partial charge in [-0.15, -0.1) is 0 Å². The van der Waals surface area contributed by atoms with Crippen molar-refractivity contribution in [1.82, 2.24) is 4.57 Å².